The first kappa shape index (κ1) is 18.1. The van der Waals surface area contributed by atoms with Gasteiger partial charge in [-0.25, -0.2) is 4.98 Å². The van der Waals surface area contributed by atoms with Gasteiger partial charge in [-0.3, -0.25) is 14.2 Å². The fraction of sp³-hybridized carbons (Fsp3) is 0.143. The van der Waals surface area contributed by atoms with E-state index < -0.39 is 5.56 Å². The van der Waals surface area contributed by atoms with Crippen LogP contribution < -0.4 is 10.5 Å². The minimum Gasteiger partial charge on any atom is -0.314 e. The summed E-state index contributed by atoms with van der Waals surface area (Å²) in [5.74, 6) is 0.0716. The van der Waals surface area contributed by atoms with Crippen LogP contribution in [-0.4, -0.2) is 22.5 Å². The Morgan fingerprint density at radius 1 is 1.15 bits per heavy atom. The third-order valence-electron chi connectivity index (χ3n) is 4.29. The first-order chi connectivity index (χ1) is 13.0. The molecule has 0 N–H and O–H groups in total. The van der Waals surface area contributed by atoms with Gasteiger partial charge in [0.15, 0.2) is 0 Å². The molecule has 0 aliphatic heterocycles. The van der Waals surface area contributed by atoms with Crippen molar-refractivity contribution >= 4 is 11.6 Å². The van der Waals surface area contributed by atoms with Gasteiger partial charge in [-0.05, 0) is 19.1 Å². The first-order valence-corrected chi connectivity index (χ1v) is 8.40. The Kier molecular flexibility index (Phi) is 5.13. The highest BCUT2D eigenvalue weighted by Gasteiger charge is 2.18. The lowest BCUT2D eigenvalue weighted by Gasteiger charge is -2.19. The summed E-state index contributed by atoms with van der Waals surface area (Å²) in [5, 5.41) is 9.16. The Morgan fingerprint density at radius 3 is 2.44 bits per heavy atom. The van der Waals surface area contributed by atoms with Crippen LogP contribution in [-0.2, 0) is 11.3 Å². The summed E-state index contributed by atoms with van der Waals surface area (Å²) in [6.07, 6.45) is 1.25. The fourth-order valence-corrected chi connectivity index (χ4v) is 2.69. The predicted molar refractivity (Wildman–Crippen MR) is 103 cm³/mol. The van der Waals surface area contributed by atoms with Crippen LogP contribution in [0.1, 0.15) is 11.1 Å². The Morgan fingerprint density at radius 2 is 1.81 bits per heavy atom. The van der Waals surface area contributed by atoms with E-state index in [2.05, 4.69) is 4.98 Å². The highest BCUT2D eigenvalue weighted by atomic mass is 16.2. The number of carbonyl (C=O) groups is 1. The summed E-state index contributed by atoms with van der Waals surface area (Å²) in [5.41, 5.74) is 1.87. The van der Waals surface area contributed by atoms with Gasteiger partial charge in [0.05, 0.1) is 6.20 Å². The zero-order valence-corrected chi connectivity index (χ0v) is 15.1. The van der Waals surface area contributed by atoms with Crippen molar-refractivity contribution in [3.05, 3.63) is 82.3 Å². The second-order valence-corrected chi connectivity index (χ2v) is 6.15. The molecule has 3 rings (SSSR count). The lowest BCUT2D eigenvalue weighted by molar-refractivity contribution is -0.118. The van der Waals surface area contributed by atoms with E-state index >= 15 is 0 Å². The van der Waals surface area contributed by atoms with Crippen LogP contribution in [0.2, 0.25) is 0 Å². The van der Waals surface area contributed by atoms with Crippen molar-refractivity contribution < 1.29 is 4.79 Å². The van der Waals surface area contributed by atoms with E-state index in [0.717, 1.165) is 11.3 Å². The normalized spacial score (nSPS) is 10.3. The van der Waals surface area contributed by atoms with Crippen LogP contribution in [0.5, 0.6) is 0 Å². The van der Waals surface area contributed by atoms with Crippen LogP contribution in [0, 0.1) is 18.3 Å². The summed E-state index contributed by atoms with van der Waals surface area (Å²) >= 11 is 0. The maximum absolute atomic E-state index is 12.8. The standard InChI is InChI=1S/C21H18N4O2/c1-15-8-10-16(11-9-15)20-23-13-17(12-22)21(27)25(20)14-19(26)24(2)18-6-4-3-5-7-18/h3-11,13H,14H2,1-2H3. The molecule has 0 radical (unpaired) electrons. The molecule has 0 saturated heterocycles. The number of hydrogen-bond donors (Lipinski definition) is 0. The van der Waals surface area contributed by atoms with Crippen molar-refractivity contribution in [1.29, 1.82) is 5.26 Å². The zero-order valence-electron chi connectivity index (χ0n) is 15.1. The maximum atomic E-state index is 12.8. The van der Waals surface area contributed by atoms with E-state index in [-0.39, 0.29) is 18.0 Å². The van der Waals surface area contributed by atoms with Gasteiger partial charge in [0.25, 0.3) is 5.56 Å². The van der Waals surface area contributed by atoms with E-state index in [4.69, 9.17) is 5.26 Å². The second kappa shape index (κ2) is 7.67. The molecule has 0 aliphatic carbocycles. The molecule has 0 aliphatic rings. The predicted octanol–water partition coefficient (Wildman–Crippen LogP) is 2.75. The van der Waals surface area contributed by atoms with E-state index in [9.17, 15) is 9.59 Å². The first-order valence-electron chi connectivity index (χ1n) is 8.40. The molecular weight excluding hydrogens is 340 g/mol. The average molecular weight is 358 g/mol. The van der Waals surface area contributed by atoms with Crippen LogP contribution in [0.25, 0.3) is 11.4 Å². The zero-order chi connectivity index (χ0) is 19.4. The molecule has 0 fully saturated rings. The summed E-state index contributed by atoms with van der Waals surface area (Å²) in [6.45, 7) is 1.75. The van der Waals surface area contributed by atoms with Crippen LogP contribution in [0.15, 0.2) is 65.6 Å². The summed E-state index contributed by atoms with van der Waals surface area (Å²) in [7, 11) is 1.65. The number of nitrogens with zero attached hydrogens (tertiary/aromatic N) is 4. The quantitative estimate of drug-likeness (QED) is 0.718. The van der Waals surface area contributed by atoms with Gasteiger partial charge >= 0.3 is 0 Å². The van der Waals surface area contributed by atoms with Crippen molar-refractivity contribution in [3.63, 3.8) is 0 Å². The molecule has 27 heavy (non-hydrogen) atoms. The lowest BCUT2D eigenvalue weighted by atomic mass is 10.1. The molecule has 0 spiro atoms. The summed E-state index contributed by atoms with van der Waals surface area (Å²) in [6, 6.07) is 18.5. The van der Waals surface area contributed by atoms with Crippen molar-refractivity contribution in [2.75, 3.05) is 11.9 Å². The average Bonchev–Trinajstić information content (AvgIpc) is 2.70. The van der Waals surface area contributed by atoms with Crippen LogP contribution in [0.4, 0.5) is 5.69 Å². The molecule has 3 aromatic rings. The minimum absolute atomic E-state index is 0.0963. The number of anilines is 1. The number of para-hydroxylation sites is 1. The molecule has 6 heteroatoms. The van der Waals surface area contributed by atoms with Crippen LogP contribution >= 0.6 is 0 Å². The fourth-order valence-electron chi connectivity index (χ4n) is 2.69. The van der Waals surface area contributed by atoms with Crippen molar-refractivity contribution in [2.45, 2.75) is 13.5 Å². The third-order valence-corrected chi connectivity index (χ3v) is 4.29. The van der Waals surface area contributed by atoms with Crippen molar-refractivity contribution in [3.8, 4) is 17.5 Å². The van der Waals surface area contributed by atoms with Gasteiger partial charge in [-0.2, -0.15) is 5.26 Å². The summed E-state index contributed by atoms with van der Waals surface area (Å²) < 4.78 is 1.25. The molecule has 1 aromatic heterocycles. The summed E-state index contributed by atoms with van der Waals surface area (Å²) in [4.78, 5) is 31.2. The van der Waals surface area contributed by atoms with Gasteiger partial charge in [0, 0.05) is 18.3 Å². The molecule has 0 saturated carbocycles. The van der Waals surface area contributed by atoms with E-state index in [1.807, 2.05) is 67.6 Å². The highest BCUT2D eigenvalue weighted by Crippen LogP contribution is 2.18. The Hall–Kier alpha value is -3.72. The minimum atomic E-state index is -0.530. The smallest absolute Gasteiger partial charge is 0.272 e. The number of hydrogen-bond acceptors (Lipinski definition) is 4. The third kappa shape index (κ3) is 3.77. The molecule has 1 heterocycles. The molecule has 0 unspecified atom stereocenters. The van der Waals surface area contributed by atoms with E-state index in [1.54, 1.807) is 7.05 Å². The lowest BCUT2D eigenvalue weighted by Crippen LogP contribution is -2.35. The van der Waals surface area contributed by atoms with Gasteiger partial charge in [0.1, 0.15) is 24.0 Å². The van der Waals surface area contributed by atoms with Gasteiger partial charge in [0.2, 0.25) is 5.91 Å². The largest absolute Gasteiger partial charge is 0.314 e. The Labute approximate surface area is 156 Å². The van der Waals surface area contributed by atoms with Gasteiger partial charge in [-0.15, -0.1) is 0 Å². The van der Waals surface area contributed by atoms with E-state index in [1.165, 1.54) is 15.7 Å². The molecule has 6 nitrogen and oxygen atoms in total. The number of rotatable bonds is 4. The molecular formula is C21H18N4O2. The maximum Gasteiger partial charge on any atom is 0.272 e. The molecule has 134 valence electrons. The number of nitriles is 1. The van der Waals surface area contributed by atoms with Crippen molar-refractivity contribution in [1.82, 2.24) is 9.55 Å². The molecule has 0 atom stereocenters. The van der Waals surface area contributed by atoms with Gasteiger partial charge in [-0.1, -0.05) is 48.0 Å². The van der Waals surface area contributed by atoms with Crippen LogP contribution in [0.3, 0.4) is 0 Å². The highest BCUT2D eigenvalue weighted by molar-refractivity contribution is 5.92. The topological polar surface area (TPSA) is 79.0 Å². The number of likely N-dealkylation sites (N-methyl/N-ethyl adjacent to an activating group) is 1. The van der Waals surface area contributed by atoms with E-state index in [0.29, 0.717) is 11.4 Å². The number of aromatic nitrogens is 2. The number of aryl methyl sites for hydroxylation is 1. The number of amides is 1. The monoisotopic (exact) mass is 358 g/mol. The molecule has 0 bridgehead atoms. The van der Waals surface area contributed by atoms with Crippen molar-refractivity contribution in [2.24, 2.45) is 0 Å². The Balaban J connectivity index is 2.03. The second-order valence-electron chi connectivity index (χ2n) is 6.15. The number of carbonyl (C=O) groups excluding carboxylic acids is 1. The number of benzene rings is 2. The van der Waals surface area contributed by atoms with Gasteiger partial charge < -0.3 is 4.90 Å². The molecule has 1 amide bonds. The molecule has 2 aromatic carbocycles. The Bertz CT molecular complexity index is 1060. The SMILES string of the molecule is Cc1ccc(-c2ncc(C#N)c(=O)n2CC(=O)N(C)c2ccccc2)cc1.